The molecule has 2 atom stereocenters. The first-order valence-electron chi connectivity index (χ1n) is 13.1. The fourth-order valence-corrected chi connectivity index (χ4v) is 6.18. The zero-order valence-electron chi connectivity index (χ0n) is 22.3. The van der Waals surface area contributed by atoms with Crippen molar-refractivity contribution in [3.05, 3.63) is 65.9 Å². The number of pyridine rings is 1. The molecular weight excluding hydrogens is 543 g/mol. The van der Waals surface area contributed by atoms with Gasteiger partial charge in [0.2, 0.25) is 11.8 Å². The summed E-state index contributed by atoms with van der Waals surface area (Å²) in [5.41, 5.74) is 4.53. The molecule has 1 aliphatic rings. The van der Waals surface area contributed by atoms with Crippen molar-refractivity contribution in [1.29, 1.82) is 5.26 Å². The van der Waals surface area contributed by atoms with Crippen molar-refractivity contribution >= 4 is 44.2 Å². The Bertz CT molecular complexity index is 1820. The molecule has 41 heavy (non-hydrogen) atoms. The van der Waals surface area contributed by atoms with Crippen LogP contribution in [-0.2, 0) is 4.79 Å². The van der Waals surface area contributed by atoms with Crippen molar-refractivity contribution in [3.63, 3.8) is 0 Å². The molecule has 9 nitrogen and oxygen atoms in total. The lowest BCUT2D eigenvalue weighted by Crippen LogP contribution is -2.26. The molecule has 0 radical (unpaired) electrons. The Kier molecular flexibility index (Phi) is 7.15. The lowest BCUT2D eigenvalue weighted by atomic mass is 10.0. The van der Waals surface area contributed by atoms with Gasteiger partial charge in [0.15, 0.2) is 11.6 Å². The van der Waals surface area contributed by atoms with Crippen molar-refractivity contribution < 1.29 is 18.7 Å². The van der Waals surface area contributed by atoms with Crippen molar-refractivity contribution in [2.24, 2.45) is 5.92 Å². The van der Waals surface area contributed by atoms with Gasteiger partial charge in [-0.25, -0.2) is 24.3 Å². The van der Waals surface area contributed by atoms with Crippen molar-refractivity contribution in [2.75, 3.05) is 12.4 Å². The molecule has 0 aliphatic heterocycles. The lowest BCUT2D eigenvalue weighted by Gasteiger charge is -2.21. The highest BCUT2D eigenvalue weighted by Gasteiger charge is 2.32. The highest BCUT2D eigenvalue weighted by Crippen LogP contribution is 2.39. The summed E-state index contributed by atoms with van der Waals surface area (Å²) in [4.78, 5) is 30.4. The van der Waals surface area contributed by atoms with Crippen molar-refractivity contribution in [3.8, 4) is 28.3 Å². The van der Waals surface area contributed by atoms with Gasteiger partial charge < -0.3 is 14.8 Å². The van der Waals surface area contributed by atoms with Crippen molar-refractivity contribution in [2.45, 2.75) is 38.7 Å². The van der Waals surface area contributed by atoms with E-state index in [2.05, 4.69) is 20.3 Å². The predicted molar refractivity (Wildman–Crippen MR) is 153 cm³/mol. The number of aryl methyl sites for hydroxylation is 1. The van der Waals surface area contributed by atoms with E-state index in [0.717, 1.165) is 35.1 Å². The maximum atomic E-state index is 15.2. The topological polar surface area (TPSA) is 123 Å². The first-order valence-corrected chi connectivity index (χ1v) is 14.0. The number of methoxy groups -OCH3 is 1. The molecule has 1 fully saturated rings. The summed E-state index contributed by atoms with van der Waals surface area (Å²) in [6.45, 7) is 1.97. The van der Waals surface area contributed by atoms with Gasteiger partial charge in [-0.3, -0.25) is 4.79 Å². The Morgan fingerprint density at radius 1 is 1.15 bits per heavy atom. The zero-order valence-corrected chi connectivity index (χ0v) is 23.2. The van der Waals surface area contributed by atoms with Crippen LogP contribution in [0, 0.1) is 30.0 Å². The molecule has 5 aromatic rings. The number of amides is 1. The Morgan fingerprint density at radius 2 is 2.02 bits per heavy atom. The minimum Gasteiger partial charge on any atom is -0.487 e. The van der Waals surface area contributed by atoms with Gasteiger partial charge in [0.1, 0.15) is 22.9 Å². The number of anilines is 1. The van der Waals surface area contributed by atoms with E-state index >= 15 is 4.39 Å². The summed E-state index contributed by atoms with van der Waals surface area (Å²) < 4.78 is 27.4. The van der Waals surface area contributed by atoms with Crippen LogP contribution in [-0.4, -0.2) is 39.1 Å². The number of hydrogen-bond acceptors (Lipinski definition) is 9. The minimum atomic E-state index is -0.494. The second-order valence-corrected chi connectivity index (χ2v) is 11.0. The molecule has 1 saturated carbocycles. The first kappa shape index (κ1) is 26.5. The molecule has 0 unspecified atom stereocenters. The quantitative estimate of drug-likeness (QED) is 0.246. The van der Waals surface area contributed by atoms with E-state index in [9.17, 15) is 4.79 Å². The maximum Gasteiger partial charge on any atom is 0.232 e. The third-order valence-electron chi connectivity index (χ3n) is 7.13. The number of thiazole rings is 1. The van der Waals surface area contributed by atoms with Gasteiger partial charge in [-0.2, -0.15) is 5.26 Å². The number of hydrogen-bond donors (Lipinski definition) is 1. The Labute approximate surface area is 239 Å². The first-order chi connectivity index (χ1) is 19.9. The van der Waals surface area contributed by atoms with E-state index in [-0.39, 0.29) is 35.8 Å². The SMILES string of the molecule is COc1cnc2c(-c3nc4cc(F)c(O[C@H]5CCC[C@H]5CC(=O)Nc5ccc(C#N)nc5)cc4s3)cc(C)cc2n1. The van der Waals surface area contributed by atoms with E-state index in [1.54, 1.807) is 31.5 Å². The van der Waals surface area contributed by atoms with Gasteiger partial charge in [-0.1, -0.05) is 0 Å². The number of nitrogens with one attached hydrogen (secondary N) is 1. The maximum absolute atomic E-state index is 15.2. The monoisotopic (exact) mass is 568 g/mol. The van der Waals surface area contributed by atoms with Crippen LogP contribution in [0.5, 0.6) is 11.6 Å². The Balaban J connectivity index is 1.21. The summed E-state index contributed by atoms with van der Waals surface area (Å²) in [5, 5.41) is 12.4. The summed E-state index contributed by atoms with van der Waals surface area (Å²) >= 11 is 1.43. The number of carbonyl (C=O) groups excluding carboxylic acids is 1. The fourth-order valence-electron chi connectivity index (χ4n) is 5.18. The number of carbonyl (C=O) groups is 1. The second kappa shape index (κ2) is 11.1. The van der Waals surface area contributed by atoms with Crippen molar-refractivity contribution in [1.82, 2.24) is 19.9 Å². The lowest BCUT2D eigenvalue weighted by molar-refractivity contribution is -0.117. The molecule has 1 amide bonds. The summed E-state index contributed by atoms with van der Waals surface area (Å²) in [6.07, 6.45) is 5.41. The number of nitriles is 1. The highest BCUT2D eigenvalue weighted by molar-refractivity contribution is 7.21. The molecule has 0 spiro atoms. The average Bonchev–Trinajstić information content (AvgIpc) is 3.58. The van der Waals surface area contributed by atoms with Gasteiger partial charge in [0.25, 0.3) is 0 Å². The molecule has 11 heteroatoms. The van der Waals surface area contributed by atoms with E-state index in [1.165, 1.54) is 23.6 Å². The molecule has 206 valence electrons. The smallest absolute Gasteiger partial charge is 0.232 e. The molecule has 0 saturated heterocycles. The van der Waals surface area contributed by atoms with Crippen LogP contribution in [0.2, 0.25) is 0 Å². The average molecular weight is 569 g/mol. The fraction of sp³-hybridized carbons (Fsp3) is 0.267. The summed E-state index contributed by atoms with van der Waals surface area (Å²) in [5.74, 6) is -0.142. The standard InChI is InChI=1S/C30H25FN6O3S/c1-16-8-20(29-23(9-16)36-28(39-2)15-34-29)30-37-22-11-21(31)25(12-26(22)41-30)40-24-5-3-4-17(24)10-27(38)35-19-7-6-18(13-32)33-14-19/h6-9,11-12,14-15,17,24H,3-5,10H2,1-2H3,(H,35,38)/t17-,24-/m0/s1. The van der Waals surface area contributed by atoms with Gasteiger partial charge in [-0.15, -0.1) is 11.3 Å². The van der Waals surface area contributed by atoms with Gasteiger partial charge >= 0.3 is 0 Å². The molecule has 3 heterocycles. The minimum absolute atomic E-state index is 0.0531. The van der Waals surface area contributed by atoms with Crippen LogP contribution in [0.4, 0.5) is 10.1 Å². The van der Waals surface area contributed by atoms with E-state index in [4.69, 9.17) is 19.7 Å². The number of benzene rings is 2. The molecule has 1 N–H and O–H groups in total. The van der Waals surface area contributed by atoms with Crippen LogP contribution < -0.4 is 14.8 Å². The third kappa shape index (κ3) is 5.51. The molecule has 6 rings (SSSR count). The Hall–Kier alpha value is -4.69. The van der Waals surface area contributed by atoms with Gasteiger partial charge in [-0.05, 0) is 56.0 Å². The molecule has 2 aromatic carbocycles. The second-order valence-electron chi connectivity index (χ2n) is 10.0. The van der Waals surface area contributed by atoms with E-state index in [0.29, 0.717) is 33.1 Å². The number of aromatic nitrogens is 4. The predicted octanol–water partition coefficient (Wildman–Crippen LogP) is 6.21. The third-order valence-corrected chi connectivity index (χ3v) is 8.18. The number of nitrogens with zero attached hydrogens (tertiary/aromatic N) is 5. The van der Waals surface area contributed by atoms with E-state index < -0.39 is 5.82 Å². The molecule has 3 aromatic heterocycles. The van der Waals surface area contributed by atoms with Gasteiger partial charge in [0, 0.05) is 30.0 Å². The number of fused-ring (bicyclic) bond motifs is 2. The highest BCUT2D eigenvalue weighted by atomic mass is 32.1. The summed E-state index contributed by atoms with van der Waals surface area (Å²) in [7, 11) is 1.55. The number of rotatable bonds is 7. The van der Waals surface area contributed by atoms with E-state index in [1.807, 2.05) is 25.1 Å². The van der Waals surface area contributed by atoms with Crippen LogP contribution in [0.25, 0.3) is 31.8 Å². The largest absolute Gasteiger partial charge is 0.487 e. The number of halogens is 1. The number of ether oxygens (including phenoxy) is 2. The summed E-state index contributed by atoms with van der Waals surface area (Å²) in [6, 6.07) is 12.2. The normalized spacial score (nSPS) is 16.5. The van der Waals surface area contributed by atoms with Crippen LogP contribution in [0.15, 0.2) is 48.8 Å². The molecule has 1 aliphatic carbocycles. The van der Waals surface area contributed by atoms with Crippen LogP contribution in [0.3, 0.4) is 0 Å². The van der Waals surface area contributed by atoms with Crippen LogP contribution in [0.1, 0.15) is 36.9 Å². The molecular formula is C30H25FN6O3S. The Morgan fingerprint density at radius 3 is 2.80 bits per heavy atom. The van der Waals surface area contributed by atoms with Crippen LogP contribution >= 0.6 is 11.3 Å². The molecule has 0 bridgehead atoms. The zero-order chi connectivity index (χ0) is 28.5. The van der Waals surface area contributed by atoms with Gasteiger partial charge in [0.05, 0.1) is 46.4 Å².